The molecule has 0 aliphatic heterocycles. The highest BCUT2D eigenvalue weighted by Gasteiger charge is 2.34. The molecule has 0 heterocycles. The predicted molar refractivity (Wildman–Crippen MR) is 120 cm³/mol. The van der Waals surface area contributed by atoms with Gasteiger partial charge in [-0.05, 0) is 59.6 Å². The minimum atomic E-state index is -1.00. The third-order valence-electron chi connectivity index (χ3n) is 4.65. The molecule has 1 aromatic carbocycles. The van der Waals surface area contributed by atoms with Crippen LogP contribution in [0.15, 0.2) is 18.2 Å². The van der Waals surface area contributed by atoms with Crippen LogP contribution >= 0.6 is 0 Å². The fourth-order valence-electron chi connectivity index (χ4n) is 3.09. The summed E-state index contributed by atoms with van der Waals surface area (Å²) >= 11 is 0. The number of nitrogens with one attached hydrogen (secondary N) is 2. The van der Waals surface area contributed by atoms with Crippen LogP contribution < -0.4 is 10.6 Å². The smallest absolute Gasteiger partial charge is 0.408 e. The molecule has 0 aliphatic carbocycles. The van der Waals surface area contributed by atoms with Crippen LogP contribution in [0.25, 0.3) is 0 Å². The summed E-state index contributed by atoms with van der Waals surface area (Å²) in [7, 11) is 1.22. The molecule has 1 rings (SSSR count). The van der Waals surface area contributed by atoms with E-state index in [2.05, 4.69) is 15.4 Å². The molecule has 9 nitrogen and oxygen atoms in total. The van der Waals surface area contributed by atoms with Crippen molar-refractivity contribution >= 4 is 23.9 Å². The Morgan fingerprint density at radius 1 is 1.12 bits per heavy atom. The first kappa shape index (κ1) is 26.9. The van der Waals surface area contributed by atoms with Gasteiger partial charge in [-0.15, -0.1) is 0 Å². The van der Waals surface area contributed by atoms with E-state index >= 15 is 0 Å². The summed E-state index contributed by atoms with van der Waals surface area (Å²) in [4.78, 5) is 51.4. The number of carbonyl (C=O) groups excluding carboxylic acids is 4. The van der Waals surface area contributed by atoms with E-state index in [9.17, 15) is 19.2 Å². The second-order valence-electron chi connectivity index (χ2n) is 8.55. The van der Waals surface area contributed by atoms with Crippen LogP contribution in [0.3, 0.4) is 0 Å². The highest BCUT2D eigenvalue weighted by Crippen LogP contribution is 2.26. The lowest BCUT2D eigenvalue weighted by molar-refractivity contribution is -0.144. The Labute approximate surface area is 189 Å². The number of amides is 3. The first-order valence-corrected chi connectivity index (χ1v) is 10.5. The number of benzene rings is 1. The number of hydrogen-bond acceptors (Lipinski definition) is 6. The highest BCUT2D eigenvalue weighted by atomic mass is 16.6. The van der Waals surface area contributed by atoms with Gasteiger partial charge >= 0.3 is 12.1 Å². The van der Waals surface area contributed by atoms with E-state index in [1.165, 1.54) is 18.9 Å². The molecule has 0 radical (unpaired) electrons. The number of likely N-dealkylation sites (N-methyl/N-ethyl adjacent to an activating group) is 1. The maximum atomic E-state index is 13.3. The van der Waals surface area contributed by atoms with Gasteiger partial charge in [-0.3, -0.25) is 14.4 Å². The molecule has 0 spiro atoms. The number of hydrogen-bond donors (Lipinski definition) is 2. The van der Waals surface area contributed by atoms with Gasteiger partial charge in [0.05, 0.1) is 7.11 Å². The zero-order valence-corrected chi connectivity index (χ0v) is 20.2. The van der Waals surface area contributed by atoms with Crippen molar-refractivity contribution in [1.29, 1.82) is 0 Å². The Balaban J connectivity index is 3.25. The fourth-order valence-corrected chi connectivity index (χ4v) is 3.09. The Bertz CT molecular complexity index is 847. The van der Waals surface area contributed by atoms with Crippen molar-refractivity contribution < 1.29 is 28.7 Å². The Morgan fingerprint density at radius 3 is 2.28 bits per heavy atom. The molecule has 1 aromatic rings. The van der Waals surface area contributed by atoms with E-state index < -0.39 is 41.6 Å². The minimum Gasteiger partial charge on any atom is -0.468 e. The van der Waals surface area contributed by atoms with Gasteiger partial charge in [-0.1, -0.05) is 23.8 Å². The van der Waals surface area contributed by atoms with Crippen molar-refractivity contribution in [2.45, 2.75) is 66.2 Å². The summed E-state index contributed by atoms with van der Waals surface area (Å²) in [5.41, 5.74) is 1.64. The Hall–Kier alpha value is -3.10. The molecule has 3 amide bonds. The molecule has 0 aliphatic rings. The molecule has 9 heteroatoms. The molecular weight excluding hydrogens is 414 g/mol. The molecule has 32 heavy (non-hydrogen) atoms. The number of alkyl carbamates (subject to hydrolysis) is 1. The van der Waals surface area contributed by atoms with Crippen molar-refractivity contribution in [3.05, 3.63) is 34.9 Å². The topological polar surface area (TPSA) is 114 Å². The van der Waals surface area contributed by atoms with Gasteiger partial charge in [-0.2, -0.15) is 0 Å². The molecule has 0 saturated heterocycles. The van der Waals surface area contributed by atoms with Crippen LogP contribution in [0.5, 0.6) is 0 Å². The number of rotatable bonds is 8. The van der Waals surface area contributed by atoms with Crippen LogP contribution in [0.2, 0.25) is 0 Å². The quantitative estimate of drug-likeness (QED) is 0.589. The average molecular weight is 450 g/mol. The Kier molecular flexibility index (Phi) is 9.68. The van der Waals surface area contributed by atoms with Crippen molar-refractivity contribution in [2.24, 2.45) is 0 Å². The summed E-state index contributed by atoms with van der Waals surface area (Å²) in [6, 6.07) is 3.67. The van der Waals surface area contributed by atoms with Gasteiger partial charge < -0.3 is 25.0 Å². The average Bonchev–Trinajstić information content (AvgIpc) is 2.69. The molecular formula is C23H35N3O6. The second-order valence-corrected chi connectivity index (χ2v) is 8.55. The monoisotopic (exact) mass is 449 g/mol. The number of nitrogens with zero attached hydrogens (tertiary/aromatic N) is 1. The van der Waals surface area contributed by atoms with Crippen LogP contribution in [0.4, 0.5) is 4.79 Å². The van der Waals surface area contributed by atoms with E-state index in [1.54, 1.807) is 27.7 Å². The number of aryl methyl sites for hydroxylation is 2. The van der Waals surface area contributed by atoms with Gasteiger partial charge in [0, 0.05) is 6.54 Å². The van der Waals surface area contributed by atoms with Crippen LogP contribution in [0.1, 0.15) is 57.4 Å². The zero-order valence-electron chi connectivity index (χ0n) is 20.2. The minimum absolute atomic E-state index is 0.197. The molecule has 2 unspecified atom stereocenters. The van der Waals surface area contributed by atoms with Gasteiger partial charge in [0.15, 0.2) is 0 Å². The van der Waals surface area contributed by atoms with Crippen molar-refractivity contribution in [3.8, 4) is 0 Å². The molecule has 0 aromatic heterocycles. The van der Waals surface area contributed by atoms with Gasteiger partial charge in [0.1, 0.15) is 24.2 Å². The maximum absolute atomic E-state index is 13.3. The van der Waals surface area contributed by atoms with Gasteiger partial charge in [-0.25, -0.2) is 4.79 Å². The zero-order chi connectivity index (χ0) is 24.6. The van der Waals surface area contributed by atoms with E-state index in [0.717, 1.165) is 11.1 Å². The summed E-state index contributed by atoms with van der Waals surface area (Å²) in [5, 5.41) is 5.06. The summed E-state index contributed by atoms with van der Waals surface area (Å²) < 4.78 is 9.81. The summed E-state index contributed by atoms with van der Waals surface area (Å²) in [5.74, 6) is -1.59. The van der Waals surface area contributed by atoms with E-state index in [0.29, 0.717) is 5.56 Å². The SMILES string of the molecule is CCN(C(=O)C(C)NC(=O)OC(C)(C)C)C(C(=O)NCC(=O)OC)c1cc(C)ccc1C. The molecule has 0 saturated carbocycles. The summed E-state index contributed by atoms with van der Waals surface area (Å²) in [6.45, 7) is 12.0. The van der Waals surface area contributed by atoms with Gasteiger partial charge in [0.25, 0.3) is 0 Å². The van der Waals surface area contributed by atoms with E-state index in [1.807, 2.05) is 32.0 Å². The van der Waals surface area contributed by atoms with Crippen molar-refractivity contribution in [3.63, 3.8) is 0 Å². The maximum Gasteiger partial charge on any atom is 0.408 e. The van der Waals surface area contributed by atoms with Gasteiger partial charge in [0.2, 0.25) is 11.8 Å². The van der Waals surface area contributed by atoms with E-state index in [-0.39, 0.29) is 13.1 Å². The second kappa shape index (κ2) is 11.5. The fraction of sp³-hybridized carbons (Fsp3) is 0.565. The van der Waals surface area contributed by atoms with E-state index in [4.69, 9.17) is 4.74 Å². The lowest BCUT2D eigenvalue weighted by atomic mass is 9.96. The van der Waals surface area contributed by atoms with Crippen LogP contribution in [-0.4, -0.2) is 60.6 Å². The number of esters is 1. The lowest BCUT2D eigenvalue weighted by Crippen LogP contribution is -2.52. The van der Waals surface area contributed by atoms with Crippen molar-refractivity contribution in [2.75, 3.05) is 20.2 Å². The lowest BCUT2D eigenvalue weighted by Gasteiger charge is -2.33. The third-order valence-corrected chi connectivity index (χ3v) is 4.65. The molecule has 178 valence electrons. The number of ether oxygens (including phenoxy) is 2. The largest absolute Gasteiger partial charge is 0.468 e. The molecule has 0 fully saturated rings. The predicted octanol–water partition coefficient (Wildman–Crippen LogP) is 2.40. The van der Waals surface area contributed by atoms with Crippen LogP contribution in [0, 0.1) is 13.8 Å². The highest BCUT2D eigenvalue weighted by molar-refractivity contribution is 5.93. The number of carbonyl (C=O) groups is 4. The normalized spacial score (nSPS) is 12.9. The molecule has 2 N–H and O–H groups in total. The van der Waals surface area contributed by atoms with Crippen LogP contribution in [-0.2, 0) is 23.9 Å². The first-order valence-electron chi connectivity index (χ1n) is 10.5. The standard InChI is InChI=1S/C23H35N3O6/c1-9-26(21(29)16(4)25-22(30)32-23(5,6)7)19(20(28)24-13-18(27)31-8)17-12-14(2)10-11-15(17)3/h10-12,16,19H,9,13H2,1-8H3,(H,24,28)(H,25,30). The number of methoxy groups -OCH3 is 1. The molecule has 2 atom stereocenters. The first-order chi connectivity index (χ1) is 14.8. The Morgan fingerprint density at radius 2 is 1.75 bits per heavy atom. The third kappa shape index (κ3) is 7.86. The molecule has 0 bridgehead atoms. The van der Waals surface area contributed by atoms with Crippen molar-refractivity contribution in [1.82, 2.24) is 15.5 Å². The summed E-state index contributed by atoms with van der Waals surface area (Å²) in [6.07, 6.45) is -0.729.